The summed E-state index contributed by atoms with van der Waals surface area (Å²) < 4.78 is 1.86. The second kappa shape index (κ2) is 8.25. The lowest BCUT2D eigenvalue weighted by Gasteiger charge is -2.23. The molecule has 0 unspecified atom stereocenters. The van der Waals surface area contributed by atoms with Crippen molar-refractivity contribution in [2.45, 2.75) is 58.0 Å². The molecule has 2 fully saturated rings. The molecule has 2 aliphatic rings. The Hall–Kier alpha value is -2.15. The molecule has 27 heavy (non-hydrogen) atoms. The fourth-order valence-electron chi connectivity index (χ4n) is 4.13. The van der Waals surface area contributed by atoms with Crippen LogP contribution in [0.2, 0.25) is 0 Å². The normalized spacial score (nSPS) is 19.2. The first-order chi connectivity index (χ1) is 13.3. The first-order valence-corrected chi connectivity index (χ1v) is 10.4. The lowest BCUT2D eigenvalue weighted by Crippen LogP contribution is -2.42. The van der Waals surface area contributed by atoms with Crippen molar-refractivity contribution in [3.8, 4) is 0 Å². The summed E-state index contributed by atoms with van der Waals surface area (Å²) in [5, 5.41) is 11.9. The molecule has 0 spiro atoms. The molecule has 2 N–H and O–H groups in total. The van der Waals surface area contributed by atoms with E-state index >= 15 is 0 Å². The predicted molar refractivity (Wildman–Crippen MR) is 107 cm³/mol. The minimum Gasteiger partial charge on any atom is -0.357 e. The summed E-state index contributed by atoms with van der Waals surface area (Å²) in [4.78, 5) is 20.1. The van der Waals surface area contributed by atoms with E-state index in [1.54, 1.807) is 0 Å². The molecule has 0 bridgehead atoms. The number of aromatic nitrogens is 3. The minimum atomic E-state index is -0.0802. The molecule has 2 aliphatic heterocycles. The van der Waals surface area contributed by atoms with Crippen LogP contribution >= 0.6 is 0 Å². The van der Waals surface area contributed by atoms with Gasteiger partial charge in [0.25, 0.3) is 5.91 Å². The Morgan fingerprint density at radius 1 is 1.19 bits per heavy atom. The second-order valence-electron chi connectivity index (χ2n) is 7.60. The smallest absolute Gasteiger partial charge is 0.272 e. The van der Waals surface area contributed by atoms with Gasteiger partial charge in [-0.3, -0.25) is 4.79 Å². The van der Waals surface area contributed by atoms with Crippen LogP contribution in [0, 0.1) is 0 Å². The topological polar surface area (TPSA) is 75.1 Å². The highest BCUT2D eigenvalue weighted by molar-refractivity contribution is 6.04. The molecule has 146 valence electrons. The van der Waals surface area contributed by atoms with Crippen molar-refractivity contribution < 1.29 is 4.79 Å². The molecule has 4 rings (SSSR count). The van der Waals surface area contributed by atoms with Gasteiger partial charge in [-0.05, 0) is 57.8 Å². The fourth-order valence-corrected chi connectivity index (χ4v) is 4.13. The second-order valence-corrected chi connectivity index (χ2v) is 7.60. The molecule has 2 saturated heterocycles. The van der Waals surface area contributed by atoms with Crippen LogP contribution in [-0.2, 0) is 6.54 Å². The number of carbonyl (C=O) groups excluding carboxylic acids is 1. The SMILES string of the molecule is CCn1nc(C(=O)NC2CCNCC2)c2ccc(N3CCCCCC3)nc21. The third kappa shape index (κ3) is 3.93. The summed E-state index contributed by atoms with van der Waals surface area (Å²) in [6.45, 7) is 6.77. The molecular formula is C20H30N6O. The van der Waals surface area contributed by atoms with Gasteiger partial charge in [-0.25, -0.2) is 9.67 Å². The largest absolute Gasteiger partial charge is 0.357 e. The number of carbonyl (C=O) groups is 1. The van der Waals surface area contributed by atoms with Gasteiger partial charge >= 0.3 is 0 Å². The highest BCUT2D eigenvalue weighted by Gasteiger charge is 2.22. The van der Waals surface area contributed by atoms with Gasteiger partial charge in [-0.1, -0.05) is 12.8 Å². The Labute approximate surface area is 160 Å². The zero-order chi connectivity index (χ0) is 18.6. The number of rotatable bonds is 4. The van der Waals surface area contributed by atoms with Crippen LogP contribution in [0.15, 0.2) is 12.1 Å². The maximum atomic E-state index is 12.8. The molecule has 1 amide bonds. The number of nitrogens with one attached hydrogen (secondary N) is 2. The monoisotopic (exact) mass is 370 g/mol. The van der Waals surface area contributed by atoms with Gasteiger partial charge in [-0.15, -0.1) is 0 Å². The number of piperidine rings is 1. The van der Waals surface area contributed by atoms with Crippen molar-refractivity contribution in [2.24, 2.45) is 0 Å². The van der Waals surface area contributed by atoms with Crippen molar-refractivity contribution in [2.75, 3.05) is 31.1 Å². The number of hydrogen-bond acceptors (Lipinski definition) is 5. The zero-order valence-electron chi connectivity index (χ0n) is 16.2. The van der Waals surface area contributed by atoms with E-state index in [1.807, 2.05) is 17.7 Å². The summed E-state index contributed by atoms with van der Waals surface area (Å²) in [5.74, 6) is 0.924. The number of hydrogen-bond donors (Lipinski definition) is 2. The summed E-state index contributed by atoms with van der Waals surface area (Å²) in [5.41, 5.74) is 1.31. The molecule has 7 nitrogen and oxygen atoms in total. The van der Waals surface area contributed by atoms with E-state index in [2.05, 4.69) is 26.7 Å². The number of amides is 1. The predicted octanol–water partition coefficient (Wildman–Crippen LogP) is 2.31. The van der Waals surface area contributed by atoms with Crippen molar-refractivity contribution in [1.29, 1.82) is 0 Å². The molecule has 4 heterocycles. The standard InChI is InChI=1S/C20H30N6O/c1-2-26-19-16(7-8-17(23-19)25-13-5-3-4-6-14-25)18(24-26)20(27)22-15-9-11-21-12-10-15/h7-8,15,21H,2-6,9-14H2,1H3,(H,22,27). The average molecular weight is 371 g/mol. The Morgan fingerprint density at radius 3 is 2.63 bits per heavy atom. The Morgan fingerprint density at radius 2 is 1.93 bits per heavy atom. The van der Waals surface area contributed by atoms with Crippen LogP contribution < -0.4 is 15.5 Å². The molecule has 2 aromatic heterocycles. The zero-order valence-corrected chi connectivity index (χ0v) is 16.2. The first-order valence-electron chi connectivity index (χ1n) is 10.4. The van der Waals surface area contributed by atoms with Crippen molar-refractivity contribution in [1.82, 2.24) is 25.4 Å². The quantitative estimate of drug-likeness (QED) is 0.864. The van der Waals surface area contributed by atoms with Crippen LogP contribution in [0.3, 0.4) is 0 Å². The van der Waals surface area contributed by atoms with Crippen LogP contribution in [0.4, 0.5) is 5.82 Å². The Kier molecular flexibility index (Phi) is 5.57. The molecule has 2 aromatic rings. The molecule has 7 heteroatoms. The van der Waals surface area contributed by atoms with E-state index in [4.69, 9.17) is 4.98 Å². The van der Waals surface area contributed by atoms with Gasteiger partial charge in [-0.2, -0.15) is 5.10 Å². The molecule has 0 aromatic carbocycles. The maximum absolute atomic E-state index is 12.8. The van der Waals surface area contributed by atoms with E-state index in [0.717, 1.165) is 55.9 Å². The van der Waals surface area contributed by atoms with Crippen LogP contribution in [0.1, 0.15) is 55.9 Å². The molecule has 0 radical (unpaired) electrons. The number of aryl methyl sites for hydroxylation is 1. The summed E-state index contributed by atoms with van der Waals surface area (Å²) in [6.07, 6.45) is 6.97. The molecule has 0 saturated carbocycles. The van der Waals surface area contributed by atoms with Crippen LogP contribution in [0.25, 0.3) is 11.0 Å². The molecule has 0 aliphatic carbocycles. The van der Waals surface area contributed by atoms with E-state index in [0.29, 0.717) is 12.2 Å². The van der Waals surface area contributed by atoms with Crippen LogP contribution in [-0.4, -0.2) is 52.9 Å². The molecular weight excluding hydrogens is 340 g/mol. The van der Waals surface area contributed by atoms with E-state index in [-0.39, 0.29) is 11.9 Å². The Bertz CT molecular complexity index is 787. The number of anilines is 1. The van der Waals surface area contributed by atoms with E-state index < -0.39 is 0 Å². The average Bonchev–Trinajstić information content (AvgIpc) is 2.87. The minimum absolute atomic E-state index is 0.0802. The van der Waals surface area contributed by atoms with Gasteiger partial charge in [0.15, 0.2) is 11.3 Å². The fraction of sp³-hybridized carbons (Fsp3) is 0.650. The van der Waals surface area contributed by atoms with Crippen molar-refractivity contribution in [3.63, 3.8) is 0 Å². The van der Waals surface area contributed by atoms with E-state index in [9.17, 15) is 4.79 Å². The number of fused-ring (bicyclic) bond motifs is 1. The maximum Gasteiger partial charge on any atom is 0.272 e. The van der Waals surface area contributed by atoms with Gasteiger partial charge < -0.3 is 15.5 Å². The Balaban J connectivity index is 1.61. The lowest BCUT2D eigenvalue weighted by atomic mass is 10.1. The van der Waals surface area contributed by atoms with Gasteiger partial charge in [0.1, 0.15) is 5.82 Å². The molecule has 0 atom stereocenters. The first kappa shape index (κ1) is 18.2. The highest BCUT2D eigenvalue weighted by atomic mass is 16.2. The summed E-state index contributed by atoms with van der Waals surface area (Å²) in [7, 11) is 0. The van der Waals surface area contributed by atoms with Gasteiger partial charge in [0.05, 0.1) is 5.39 Å². The number of pyridine rings is 1. The van der Waals surface area contributed by atoms with Crippen molar-refractivity contribution >= 4 is 22.8 Å². The lowest BCUT2D eigenvalue weighted by molar-refractivity contribution is 0.0925. The third-order valence-corrected chi connectivity index (χ3v) is 5.70. The summed E-state index contributed by atoms with van der Waals surface area (Å²) in [6, 6.07) is 4.31. The third-order valence-electron chi connectivity index (χ3n) is 5.70. The van der Waals surface area contributed by atoms with Gasteiger partial charge in [0, 0.05) is 25.7 Å². The van der Waals surface area contributed by atoms with Crippen molar-refractivity contribution in [3.05, 3.63) is 17.8 Å². The van der Waals surface area contributed by atoms with E-state index in [1.165, 1.54) is 25.7 Å². The van der Waals surface area contributed by atoms with Crippen LogP contribution in [0.5, 0.6) is 0 Å². The highest BCUT2D eigenvalue weighted by Crippen LogP contribution is 2.24. The number of nitrogens with zero attached hydrogens (tertiary/aromatic N) is 4. The van der Waals surface area contributed by atoms with Gasteiger partial charge in [0.2, 0.25) is 0 Å². The summed E-state index contributed by atoms with van der Waals surface area (Å²) >= 11 is 0.